The van der Waals surface area contributed by atoms with Gasteiger partial charge in [0.2, 0.25) is 0 Å². The minimum absolute atomic E-state index is 0.618. The van der Waals surface area contributed by atoms with Crippen molar-refractivity contribution in [1.29, 1.82) is 0 Å². The average molecular weight is 341 g/mol. The number of hydrogen-bond donors (Lipinski definition) is 0. The SMILES string of the molecule is CN(c1ccccc1)c1nc2nncn2c2cc(C3=CCCC3)ccc12. The zero-order valence-corrected chi connectivity index (χ0v) is 14.6. The molecule has 5 nitrogen and oxygen atoms in total. The van der Waals surface area contributed by atoms with E-state index < -0.39 is 0 Å². The van der Waals surface area contributed by atoms with Gasteiger partial charge in [0.05, 0.1) is 5.52 Å². The Morgan fingerprint density at radius 2 is 1.96 bits per heavy atom. The summed E-state index contributed by atoms with van der Waals surface area (Å²) in [6.07, 6.45) is 7.66. The predicted molar refractivity (Wildman–Crippen MR) is 105 cm³/mol. The van der Waals surface area contributed by atoms with Crippen molar-refractivity contribution < 1.29 is 0 Å². The average Bonchev–Trinajstić information content (AvgIpc) is 3.39. The molecule has 1 aliphatic carbocycles. The van der Waals surface area contributed by atoms with Gasteiger partial charge in [-0.15, -0.1) is 10.2 Å². The molecule has 26 heavy (non-hydrogen) atoms. The van der Waals surface area contributed by atoms with Crippen molar-refractivity contribution in [3.8, 4) is 0 Å². The number of fused-ring (bicyclic) bond motifs is 3. The van der Waals surface area contributed by atoms with E-state index in [1.807, 2.05) is 29.6 Å². The molecule has 5 rings (SSSR count). The Morgan fingerprint density at radius 1 is 1.08 bits per heavy atom. The van der Waals surface area contributed by atoms with Gasteiger partial charge in [-0.05, 0) is 54.7 Å². The third-order valence-electron chi connectivity index (χ3n) is 5.11. The maximum atomic E-state index is 4.77. The zero-order chi connectivity index (χ0) is 17.5. The smallest absolute Gasteiger partial charge is 0.257 e. The minimum Gasteiger partial charge on any atom is -0.329 e. The maximum absolute atomic E-state index is 4.77. The number of rotatable bonds is 3. The summed E-state index contributed by atoms with van der Waals surface area (Å²) >= 11 is 0. The zero-order valence-electron chi connectivity index (χ0n) is 14.6. The summed E-state index contributed by atoms with van der Waals surface area (Å²) in [5.41, 5.74) is 4.89. The van der Waals surface area contributed by atoms with Crippen molar-refractivity contribution >= 4 is 33.8 Å². The molecule has 0 saturated carbocycles. The van der Waals surface area contributed by atoms with E-state index in [4.69, 9.17) is 4.98 Å². The van der Waals surface area contributed by atoms with Crippen LogP contribution in [-0.4, -0.2) is 26.6 Å². The standard InChI is InChI=1S/C21H19N5/c1-25(17-9-3-2-4-10-17)20-18-12-11-16(15-7-5-6-8-15)13-19(18)26-14-22-24-21(26)23-20/h2-4,7,9-14H,5-6,8H2,1H3. The molecule has 2 heterocycles. The quantitative estimate of drug-likeness (QED) is 0.546. The van der Waals surface area contributed by atoms with E-state index in [0.717, 1.165) is 28.8 Å². The first-order valence-electron chi connectivity index (χ1n) is 8.93. The minimum atomic E-state index is 0.618. The largest absolute Gasteiger partial charge is 0.329 e. The molecule has 128 valence electrons. The number of allylic oxidation sites excluding steroid dienone is 2. The lowest BCUT2D eigenvalue weighted by Gasteiger charge is -2.20. The summed E-state index contributed by atoms with van der Waals surface area (Å²) in [6.45, 7) is 0. The second-order valence-electron chi connectivity index (χ2n) is 6.68. The van der Waals surface area contributed by atoms with Crippen LogP contribution in [0.5, 0.6) is 0 Å². The Bertz CT molecular complexity index is 1130. The van der Waals surface area contributed by atoms with Crippen molar-refractivity contribution in [2.45, 2.75) is 19.3 Å². The summed E-state index contributed by atoms with van der Waals surface area (Å²) in [6, 6.07) is 16.9. The molecule has 5 heteroatoms. The molecular weight excluding hydrogens is 322 g/mol. The first-order chi connectivity index (χ1) is 12.8. The van der Waals surface area contributed by atoms with Gasteiger partial charge in [0.1, 0.15) is 12.1 Å². The third-order valence-corrected chi connectivity index (χ3v) is 5.11. The number of hydrogen-bond acceptors (Lipinski definition) is 4. The fraction of sp³-hybridized carbons (Fsp3) is 0.190. The molecule has 0 unspecified atom stereocenters. The molecule has 2 aromatic carbocycles. The molecule has 2 aromatic heterocycles. The van der Waals surface area contributed by atoms with Gasteiger partial charge in [-0.25, -0.2) is 0 Å². The van der Waals surface area contributed by atoms with Gasteiger partial charge >= 0.3 is 0 Å². The lowest BCUT2D eigenvalue weighted by atomic mass is 10.0. The third kappa shape index (κ3) is 2.36. The summed E-state index contributed by atoms with van der Waals surface area (Å²) < 4.78 is 1.97. The Kier molecular flexibility index (Phi) is 3.45. The van der Waals surface area contributed by atoms with Crippen LogP contribution < -0.4 is 4.90 Å². The fourth-order valence-corrected chi connectivity index (χ4v) is 3.71. The van der Waals surface area contributed by atoms with Crippen LogP contribution in [0.1, 0.15) is 24.8 Å². The molecule has 0 radical (unpaired) electrons. The molecule has 0 saturated heterocycles. The second-order valence-corrected chi connectivity index (χ2v) is 6.68. The van der Waals surface area contributed by atoms with Crippen molar-refractivity contribution in [2.24, 2.45) is 0 Å². The molecule has 0 bridgehead atoms. The van der Waals surface area contributed by atoms with E-state index in [1.165, 1.54) is 24.0 Å². The molecule has 1 aliphatic rings. The molecule has 0 amide bonds. The van der Waals surface area contributed by atoms with Crippen molar-refractivity contribution in [1.82, 2.24) is 19.6 Å². The van der Waals surface area contributed by atoms with Crippen molar-refractivity contribution in [3.05, 3.63) is 66.5 Å². The summed E-state index contributed by atoms with van der Waals surface area (Å²) in [4.78, 5) is 6.87. The van der Waals surface area contributed by atoms with E-state index in [1.54, 1.807) is 6.33 Å². The van der Waals surface area contributed by atoms with Crippen molar-refractivity contribution in [3.63, 3.8) is 0 Å². The van der Waals surface area contributed by atoms with Crippen LogP contribution >= 0.6 is 0 Å². The molecule has 0 aliphatic heterocycles. The van der Waals surface area contributed by atoms with Gasteiger partial charge < -0.3 is 4.90 Å². The van der Waals surface area contributed by atoms with Gasteiger partial charge in [-0.2, -0.15) is 4.98 Å². The summed E-state index contributed by atoms with van der Waals surface area (Å²) in [7, 11) is 2.04. The molecular formula is C21H19N5. The number of benzene rings is 2. The van der Waals surface area contributed by atoms with E-state index in [-0.39, 0.29) is 0 Å². The van der Waals surface area contributed by atoms with Crippen LogP contribution in [0.25, 0.3) is 22.3 Å². The van der Waals surface area contributed by atoms with E-state index in [2.05, 4.69) is 51.5 Å². The topological polar surface area (TPSA) is 46.3 Å². The van der Waals surface area contributed by atoms with Gasteiger partial charge in [0.25, 0.3) is 5.78 Å². The molecule has 0 N–H and O–H groups in total. The van der Waals surface area contributed by atoms with Gasteiger partial charge in [-0.3, -0.25) is 4.40 Å². The van der Waals surface area contributed by atoms with E-state index in [9.17, 15) is 0 Å². The highest BCUT2D eigenvalue weighted by Crippen LogP contribution is 2.34. The summed E-state index contributed by atoms with van der Waals surface area (Å²) in [5.74, 6) is 1.51. The number of anilines is 2. The lowest BCUT2D eigenvalue weighted by Crippen LogP contribution is -2.13. The van der Waals surface area contributed by atoms with E-state index in [0.29, 0.717) is 5.78 Å². The number of aromatic nitrogens is 4. The molecule has 0 spiro atoms. The highest BCUT2D eigenvalue weighted by atomic mass is 15.3. The van der Waals surface area contributed by atoms with Crippen LogP contribution in [-0.2, 0) is 0 Å². The number of para-hydroxylation sites is 1. The Morgan fingerprint density at radius 3 is 2.77 bits per heavy atom. The van der Waals surface area contributed by atoms with Crippen molar-refractivity contribution in [2.75, 3.05) is 11.9 Å². The molecule has 0 atom stereocenters. The van der Waals surface area contributed by atoms with Crippen LogP contribution in [0.15, 0.2) is 60.9 Å². The fourth-order valence-electron chi connectivity index (χ4n) is 3.71. The Hall–Kier alpha value is -3.21. The summed E-state index contributed by atoms with van der Waals surface area (Å²) in [5, 5.41) is 9.35. The highest BCUT2D eigenvalue weighted by Gasteiger charge is 2.16. The lowest BCUT2D eigenvalue weighted by molar-refractivity contribution is 0.935. The Balaban J connectivity index is 1.75. The Labute approximate surface area is 151 Å². The maximum Gasteiger partial charge on any atom is 0.257 e. The second kappa shape index (κ2) is 5.95. The highest BCUT2D eigenvalue weighted by molar-refractivity contribution is 5.95. The van der Waals surface area contributed by atoms with Crippen LogP contribution in [0.2, 0.25) is 0 Å². The molecule has 0 fully saturated rings. The first kappa shape index (κ1) is 15.1. The van der Waals surface area contributed by atoms with E-state index >= 15 is 0 Å². The van der Waals surface area contributed by atoms with Gasteiger partial charge in [0.15, 0.2) is 0 Å². The van der Waals surface area contributed by atoms with Crippen LogP contribution in [0.4, 0.5) is 11.5 Å². The number of nitrogens with zero attached hydrogens (tertiary/aromatic N) is 5. The normalized spacial score (nSPS) is 14.1. The monoisotopic (exact) mass is 341 g/mol. The van der Waals surface area contributed by atoms with Crippen LogP contribution in [0, 0.1) is 0 Å². The predicted octanol–water partition coefficient (Wildman–Crippen LogP) is 4.61. The van der Waals surface area contributed by atoms with Gasteiger partial charge in [-0.1, -0.05) is 30.3 Å². The van der Waals surface area contributed by atoms with Gasteiger partial charge in [0, 0.05) is 18.1 Å². The van der Waals surface area contributed by atoms with Crippen LogP contribution in [0.3, 0.4) is 0 Å². The first-order valence-corrected chi connectivity index (χ1v) is 8.93. The molecule has 4 aromatic rings.